The summed E-state index contributed by atoms with van der Waals surface area (Å²) < 4.78 is 68.7. The zero-order valence-electron chi connectivity index (χ0n) is 10.1. The molecule has 1 rings (SSSR count). The van der Waals surface area contributed by atoms with E-state index in [1.54, 1.807) is 0 Å². The highest BCUT2D eigenvalue weighted by Gasteiger charge is 2.38. The van der Waals surface area contributed by atoms with Gasteiger partial charge in [0.1, 0.15) is 11.3 Å². The van der Waals surface area contributed by atoms with Crippen molar-refractivity contribution in [3.8, 4) is 11.5 Å². The van der Waals surface area contributed by atoms with E-state index < -0.39 is 44.0 Å². The molecule has 0 radical (unpaired) electrons. The second kappa shape index (κ2) is 5.15. The van der Waals surface area contributed by atoms with Gasteiger partial charge < -0.3 is 8.92 Å². The van der Waals surface area contributed by atoms with E-state index in [0.29, 0.717) is 12.3 Å². The first-order valence-electron chi connectivity index (χ1n) is 4.79. The third kappa shape index (κ3) is 3.73. The number of ether oxygens (including phenoxy) is 1. The van der Waals surface area contributed by atoms with E-state index in [1.165, 1.54) is 0 Å². The van der Waals surface area contributed by atoms with Gasteiger partial charge in [0.15, 0.2) is 0 Å². The van der Waals surface area contributed by atoms with E-state index in [-0.39, 0.29) is 6.07 Å². The highest BCUT2D eigenvalue weighted by atomic mass is 32.2. The van der Waals surface area contributed by atoms with Crippen LogP contribution in [0.1, 0.15) is 5.56 Å². The molecular weight excluding hydrogens is 307 g/mol. The van der Waals surface area contributed by atoms with Gasteiger partial charge in [-0.2, -0.15) is 21.6 Å². The second-order valence-corrected chi connectivity index (χ2v) is 5.14. The fourth-order valence-electron chi connectivity index (χ4n) is 1.31. The van der Waals surface area contributed by atoms with Crippen LogP contribution in [-0.4, -0.2) is 26.7 Å². The molecule has 0 aliphatic rings. The molecule has 0 fully saturated rings. The van der Waals surface area contributed by atoms with Crippen molar-refractivity contribution in [1.29, 1.82) is 0 Å². The van der Waals surface area contributed by atoms with Crippen molar-refractivity contribution in [3.63, 3.8) is 0 Å². The molecular formula is C9H8F3NO6S. The molecule has 0 N–H and O–H groups in total. The summed E-state index contributed by atoms with van der Waals surface area (Å²) >= 11 is 0. The third-order valence-corrected chi connectivity index (χ3v) is 2.51. The Bertz CT molecular complexity index is 640. The number of halogens is 3. The Kier molecular flexibility index (Phi) is 4.12. The number of nitro benzene ring substituents is 1. The minimum absolute atomic E-state index is 0.152. The molecule has 0 spiro atoms. The highest BCUT2D eigenvalue weighted by molar-refractivity contribution is 7.86. The van der Waals surface area contributed by atoms with Gasteiger partial charge in [-0.25, -0.2) is 0 Å². The molecule has 0 aliphatic carbocycles. The summed E-state index contributed by atoms with van der Waals surface area (Å²) in [5.74, 6) is -1.65. The Hall–Kier alpha value is -2.04. The molecule has 0 heterocycles. The second-order valence-electron chi connectivity index (χ2n) is 3.56. The maximum absolute atomic E-state index is 12.7. The third-order valence-electron chi connectivity index (χ3n) is 2.02. The zero-order valence-corrected chi connectivity index (χ0v) is 10.9. The van der Waals surface area contributed by atoms with E-state index >= 15 is 0 Å². The Morgan fingerprint density at radius 2 is 1.80 bits per heavy atom. The van der Waals surface area contributed by atoms with Gasteiger partial charge in [-0.3, -0.25) is 10.1 Å². The molecule has 7 nitrogen and oxygen atoms in total. The zero-order chi connectivity index (χ0) is 15.7. The van der Waals surface area contributed by atoms with Gasteiger partial charge in [-0.15, -0.1) is 0 Å². The Labute approximate surface area is 111 Å². The smallest absolute Gasteiger partial charge is 0.420 e. The molecule has 0 amide bonds. The Morgan fingerprint density at radius 3 is 2.15 bits per heavy atom. The van der Waals surface area contributed by atoms with Gasteiger partial charge in [-0.05, 0) is 0 Å². The first-order valence-corrected chi connectivity index (χ1v) is 6.60. The van der Waals surface area contributed by atoms with E-state index in [9.17, 15) is 31.7 Å². The van der Waals surface area contributed by atoms with Crippen molar-refractivity contribution in [1.82, 2.24) is 0 Å². The lowest BCUT2D eigenvalue weighted by atomic mass is 10.1. The normalized spacial score (nSPS) is 12.1. The van der Waals surface area contributed by atoms with Crippen LogP contribution in [0, 0.1) is 10.1 Å². The predicted octanol–water partition coefficient (Wildman–Crippen LogP) is 1.96. The van der Waals surface area contributed by atoms with E-state index in [0.717, 1.165) is 7.11 Å². The first kappa shape index (κ1) is 16.0. The maximum atomic E-state index is 12.7. The van der Waals surface area contributed by atoms with Crippen molar-refractivity contribution < 1.29 is 35.4 Å². The van der Waals surface area contributed by atoms with Gasteiger partial charge in [0.25, 0.3) is 0 Å². The lowest BCUT2D eigenvalue weighted by Gasteiger charge is -2.13. The minimum atomic E-state index is -4.90. The molecule has 1 aromatic rings. The lowest BCUT2D eigenvalue weighted by Crippen LogP contribution is -2.11. The molecule has 20 heavy (non-hydrogen) atoms. The molecule has 1 aromatic carbocycles. The molecule has 112 valence electrons. The van der Waals surface area contributed by atoms with Gasteiger partial charge >= 0.3 is 22.0 Å². The summed E-state index contributed by atoms with van der Waals surface area (Å²) in [4.78, 5) is 9.52. The standard InChI is InChI=1S/C9H8F3NO6S/c1-18-7-4-8(19-20(2,16)17)6(13(14)15)3-5(7)9(10,11)12/h3-4H,1-2H3. The number of rotatable bonds is 4. The predicted molar refractivity (Wildman–Crippen MR) is 60.1 cm³/mol. The lowest BCUT2D eigenvalue weighted by molar-refractivity contribution is -0.385. The Balaban J connectivity index is 3.58. The van der Waals surface area contributed by atoms with E-state index in [1.807, 2.05) is 0 Å². The number of nitro groups is 1. The Morgan fingerprint density at radius 1 is 1.25 bits per heavy atom. The number of methoxy groups -OCH3 is 1. The molecule has 0 unspecified atom stereocenters. The summed E-state index contributed by atoms with van der Waals surface area (Å²) in [6.07, 6.45) is -4.30. The van der Waals surface area contributed by atoms with Crippen molar-refractivity contribution in [3.05, 3.63) is 27.8 Å². The molecule has 0 aromatic heterocycles. The number of benzene rings is 1. The largest absolute Gasteiger partial charge is 0.496 e. The van der Waals surface area contributed by atoms with Crippen LogP contribution in [0.25, 0.3) is 0 Å². The number of nitrogens with zero attached hydrogens (tertiary/aromatic N) is 1. The highest BCUT2D eigenvalue weighted by Crippen LogP contribution is 2.42. The van der Waals surface area contributed by atoms with Crippen LogP contribution in [0.5, 0.6) is 11.5 Å². The van der Waals surface area contributed by atoms with Crippen molar-refractivity contribution in [2.45, 2.75) is 6.18 Å². The number of hydrogen-bond acceptors (Lipinski definition) is 6. The molecule has 0 bridgehead atoms. The fourth-order valence-corrected chi connectivity index (χ4v) is 1.77. The van der Waals surface area contributed by atoms with Crippen LogP contribution < -0.4 is 8.92 Å². The monoisotopic (exact) mass is 315 g/mol. The van der Waals surface area contributed by atoms with Crippen LogP contribution in [0.4, 0.5) is 18.9 Å². The van der Waals surface area contributed by atoms with Gasteiger partial charge in [0.2, 0.25) is 5.75 Å². The summed E-state index contributed by atoms with van der Waals surface area (Å²) in [5.41, 5.74) is -2.55. The average Bonchev–Trinajstić information content (AvgIpc) is 2.24. The fraction of sp³-hybridized carbons (Fsp3) is 0.333. The molecule has 0 aliphatic heterocycles. The SMILES string of the molecule is COc1cc(OS(C)(=O)=O)c([N+](=O)[O-])cc1C(F)(F)F. The number of hydrogen-bond donors (Lipinski definition) is 0. The molecule has 11 heteroatoms. The van der Waals surface area contributed by atoms with Crippen LogP contribution in [0.2, 0.25) is 0 Å². The van der Waals surface area contributed by atoms with Crippen molar-refractivity contribution in [2.75, 3.05) is 13.4 Å². The van der Waals surface area contributed by atoms with Gasteiger partial charge in [-0.1, -0.05) is 0 Å². The van der Waals surface area contributed by atoms with Crippen molar-refractivity contribution >= 4 is 15.8 Å². The molecule has 0 atom stereocenters. The maximum Gasteiger partial charge on any atom is 0.420 e. The first-order chi connectivity index (χ1) is 8.95. The summed E-state index contributed by atoms with van der Waals surface area (Å²) in [7, 11) is -3.24. The van der Waals surface area contributed by atoms with Crippen LogP contribution in [0.3, 0.4) is 0 Å². The topological polar surface area (TPSA) is 95.7 Å². The van der Waals surface area contributed by atoms with Crippen LogP contribution in [0.15, 0.2) is 12.1 Å². The summed E-state index contributed by atoms with van der Waals surface area (Å²) in [6.45, 7) is 0. The number of alkyl halides is 3. The average molecular weight is 315 g/mol. The van der Waals surface area contributed by atoms with E-state index in [4.69, 9.17) is 0 Å². The van der Waals surface area contributed by atoms with Crippen LogP contribution in [-0.2, 0) is 16.3 Å². The quantitative estimate of drug-likeness (QED) is 0.479. The minimum Gasteiger partial charge on any atom is -0.496 e. The van der Waals surface area contributed by atoms with Crippen molar-refractivity contribution in [2.24, 2.45) is 0 Å². The van der Waals surface area contributed by atoms with Gasteiger partial charge in [0, 0.05) is 12.1 Å². The van der Waals surface area contributed by atoms with Gasteiger partial charge in [0.05, 0.1) is 18.3 Å². The van der Waals surface area contributed by atoms with Crippen LogP contribution >= 0.6 is 0 Å². The summed E-state index contributed by atoms with van der Waals surface area (Å²) in [6, 6.07) is 0.654. The molecule has 0 saturated carbocycles. The van der Waals surface area contributed by atoms with E-state index in [2.05, 4.69) is 8.92 Å². The summed E-state index contributed by atoms with van der Waals surface area (Å²) in [5, 5.41) is 10.7. The molecule has 0 saturated heterocycles.